The topological polar surface area (TPSA) is 25.8 Å². The quantitative estimate of drug-likeness (QED) is 0.481. The van der Waals surface area contributed by atoms with E-state index in [0.29, 0.717) is 0 Å². The van der Waals surface area contributed by atoms with Crippen LogP contribution in [0.15, 0.2) is 58.8 Å². The summed E-state index contributed by atoms with van der Waals surface area (Å²) in [5, 5.41) is 0.783. The van der Waals surface area contributed by atoms with Crippen molar-refractivity contribution >= 4 is 27.7 Å². The molecule has 0 radical (unpaired) electrons. The molecule has 2 aromatic rings. The van der Waals surface area contributed by atoms with Crippen molar-refractivity contribution in [1.82, 2.24) is 9.97 Å². The molecule has 2 rings (SSSR count). The predicted octanol–water partition coefficient (Wildman–Crippen LogP) is 4.18. The highest BCUT2D eigenvalue weighted by atomic mass is 79.9. The van der Waals surface area contributed by atoms with Gasteiger partial charge in [-0.3, -0.25) is 0 Å². The van der Waals surface area contributed by atoms with Gasteiger partial charge in [-0.25, -0.2) is 9.97 Å². The van der Waals surface area contributed by atoms with Crippen molar-refractivity contribution in [3.8, 4) is 11.3 Å². The lowest BCUT2D eigenvalue weighted by Gasteiger charge is -2.02. The molecule has 0 N–H and O–H groups in total. The fraction of sp³-hybridized carbons (Fsp3) is 0.0769. The van der Waals surface area contributed by atoms with Crippen LogP contribution in [0.4, 0.5) is 0 Å². The van der Waals surface area contributed by atoms with E-state index in [4.69, 9.17) is 0 Å². The van der Waals surface area contributed by atoms with Gasteiger partial charge in [0.2, 0.25) is 0 Å². The summed E-state index contributed by atoms with van der Waals surface area (Å²) in [5.74, 6) is 0.823. The highest BCUT2D eigenvalue weighted by Gasteiger charge is 2.02. The van der Waals surface area contributed by atoms with Crippen LogP contribution < -0.4 is 0 Å². The van der Waals surface area contributed by atoms with Gasteiger partial charge < -0.3 is 0 Å². The summed E-state index contributed by atoms with van der Waals surface area (Å²) in [7, 11) is 0. The van der Waals surface area contributed by atoms with E-state index in [9.17, 15) is 0 Å². The molecule has 0 atom stereocenters. The van der Waals surface area contributed by atoms with Crippen molar-refractivity contribution in [2.75, 3.05) is 5.75 Å². The molecule has 0 aliphatic carbocycles. The summed E-state index contributed by atoms with van der Waals surface area (Å²) in [4.78, 5) is 8.71. The molecule has 0 saturated carbocycles. The molecule has 1 aromatic heterocycles. The van der Waals surface area contributed by atoms with Gasteiger partial charge in [0, 0.05) is 22.0 Å². The minimum atomic E-state index is 0.783. The molecular formula is C13H11BrN2S. The second kappa shape index (κ2) is 5.98. The molecule has 86 valence electrons. The average Bonchev–Trinajstić information content (AvgIpc) is 2.37. The zero-order chi connectivity index (χ0) is 12.1. The van der Waals surface area contributed by atoms with Gasteiger partial charge in [-0.1, -0.05) is 45.9 Å². The largest absolute Gasteiger partial charge is 0.231 e. The summed E-state index contributed by atoms with van der Waals surface area (Å²) in [6, 6.07) is 10.0. The first kappa shape index (κ1) is 12.3. The normalized spacial score (nSPS) is 10.2. The number of thioether (sulfide) groups is 1. The van der Waals surface area contributed by atoms with Crippen LogP contribution in [0.3, 0.4) is 0 Å². The molecule has 0 unspecified atom stereocenters. The van der Waals surface area contributed by atoms with Crippen molar-refractivity contribution in [2.45, 2.75) is 5.16 Å². The van der Waals surface area contributed by atoms with Crippen LogP contribution in [0, 0.1) is 0 Å². The summed E-state index contributed by atoms with van der Waals surface area (Å²) < 4.78 is 1.07. The van der Waals surface area contributed by atoms with E-state index in [0.717, 1.165) is 26.6 Å². The Kier molecular flexibility index (Phi) is 4.34. The third-order valence-corrected chi connectivity index (χ3v) is 3.49. The van der Waals surface area contributed by atoms with E-state index < -0.39 is 0 Å². The Morgan fingerprint density at radius 2 is 2.00 bits per heavy atom. The van der Waals surface area contributed by atoms with E-state index >= 15 is 0 Å². The smallest absolute Gasteiger partial charge is 0.188 e. The van der Waals surface area contributed by atoms with E-state index in [1.54, 1.807) is 18.0 Å². The van der Waals surface area contributed by atoms with E-state index in [2.05, 4.69) is 32.5 Å². The lowest BCUT2D eigenvalue weighted by molar-refractivity contribution is 0.975. The molecule has 0 amide bonds. The molecule has 0 aliphatic rings. The van der Waals surface area contributed by atoms with E-state index in [1.807, 2.05) is 36.4 Å². The lowest BCUT2D eigenvalue weighted by atomic mass is 10.1. The second-order valence-corrected chi connectivity index (χ2v) is 5.23. The van der Waals surface area contributed by atoms with Crippen molar-refractivity contribution in [2.24, 2.45) is 0 Å². The Morgan fingerprint density at radius 3 is 2.71 bits per heavy atom. The van der Waals surface area contributed by atoms with Gasteiger partial charge in [-0.15, -0.1) is 6.58 Å². The number of hydrogen-bond acceptors (Lipinski definition) is 3. The van der Waals surface area contributed by atoms with Gasteiger partial charge in [0.1, 0.15) is 0 Å². The molecule has 0 bridgehead atoms. The molecule has 1 aromatic carbocycles. The zero-order valence-corrected chi connectivity index (χ0v) is 11.5. The molecular weight excluding hydrogens is 296 g/mol. The molecule has 2 nitrogen and oxygen atoms in total. The summed E-state index contributed by atoms with van der Waals surface area (Å²) in [6.07, 6.45) is 3.64. The number of hydrogen-bond donors (Lipinski definition) is 0. The highest BCUT2D eigenvalue weighted by Crippen LogP contribution is 2.21. The molecule has 17 heavy (non-hydrogen) atoms. The molecule has 4 heteroatoms. The summed E-state index contributed by atoms with van der Waals surface area (Å²) >= 11 is 5.00. The fourth-order valence-electron chi connectivity index (χ4n) is 1.33. The Morgan fingerprint density at radius 1 is 1.24 bits per heavy atom. The van der Waals surface area contributed by atoms with Gasteiger partial charge in [-0.05, 0) is 18.2 Å². The third kappa shape index (κ3) is 3.41. The Bertz CT molecular complexity index is 511. The number of benzene rings is 1. The standard InChI is InChI=1S/C13H11BrN2S/c1-2-9-17-13-15-8-7-12(16-13)10-3-5-11(14)6-4-10/h2-8H,1,9H2. The first-order chi connectivity index (χ1) is 8.29. The average molecular weight is 307 g/mol. The molecule has 0 fully saturated rings. The Hall–Kier alpha value is -1.13. The Balaban J connectivity index is 2.26. The number of halogens is 1. The van der Waals surface area contributed by atoms with Crippen LogP contribution in [-0.4, -0.2) is 15.7 Å². The van der Waals surface area contributed by atoms with Crippen molar-refractivity contribution in [3.63, 3.8) is 0 Å². The van der Waals surface area contributed by atoms with Crippen LogP contribution >= 0.6 is 27.7 Å². The maximum Gasteiger partial charge on any atom is 0.188 e. The van der Waals surface area contributed by atoms with Gasteiger partial charge in [-0.2, -0.15) is 0 Å². The number of rotatable bonds is 4. The minimum Gasteiger partial charge on any atom is -0.231 e. The van der Waals surface area contributed by atoms with Crippen LogP contribution in [0.25, 0.3) is 11.3 Å². The van der Waals surface area contributed by atoms with Gasteiger partial charge in [0.15, 0.2) is 5.16 Å². The first-order valence-electron chi connectivity index (χ1n) is 5.12. The summed E-state index contributed by atoms with van der Waals surface area (Å²) in [6.45, 7) is 3.68. The maximum absolute atomic E-state index is 4.50. The van der Waals surface area contributed by atoms with Gasteiger partial charge >= 0.3 is 0 Å². The minimum absolute atomic E-state index is 0.783. The molecule has 0 aliphatic heterocycles. The van der Waals surface area contributed by atoms with E-state index in [1.165, 1.54) is 0 Å². The second-order valence-electron chi connectivity index (χ2n) is 3.33. The van der Waals surface area contributed by atoms with Crippen LogP contribution in [0.2, 0.25) is 0 Å². The van der Waals surface area contributed by atoms with Crippen molar-refractivity contribution < 1.29 is 0 Å². The fourth-order valence-corrected chi connectivity index (χ4v) is 2.15. The van der Waals surface area contributed by atoms with Crippen LogP contribution in [0.5, 0.6) is 0 Å². The van der Waals surface area contributed by atoms with Crippen LogP contribution in [0.1, 0.15) is 0 Å². The zero-order valence-electron chi connectivity index (χ0n) is 9.14. The molecule has 0 spiro atoms. The van der Waals surface area contributed by atoms with Gasteiger partial charge in [0.05, 0.1) is 5.69 Å². The third-order valence-electron chi connectivity index (χ3n) is 2.10. The van der Waals surface area contributed by atoms with Crippen LogP contribution in [-0.2, 0) is 0 Å². The highest BCUT2D eigenvalue weighted by molar-refractivity contribution is 9.10. The van der Waals surface area contributed by atoms with Crippen molar-refractivity contribution in [3.05, 3.63) is 53.7 Å². The monoisotopic (exact) mass is 306 g/mol. The number of aromatic nitrogens is 2. The SMILES string of the molecule is C=CCSc1nccc(-c2ccc(Br)cc2)n1. The van der Waals surface area contributed by atoms with Crippen molar-refractivity contribution in [1.29, 1.82) is 0 Å². The van der Waals surface area contributed by atoms with Gasteiger partial charge in [0.25, 0.3) is 0 Å². The molecule has 1 heterocycles. The first-order valence-corrected chi connectivity index (χ1v) is 6.90. The maximum atomic E-state index is 4.50. The summed E-state index contributed by atoms with van der Waals surface area (Å²) in [5.41, 5.74) is 2.04. The van der Waals surface area contributed by atoms with E-state index in [-0.39, 0.29) is 0 Å². The number of nitrogens with zero attached hydrogens (tertiary/aromatic N) is 2. The lowest BCUT2D eigenvalue weighted by Crippen LogP contribution is -1.89. The predicted molar refractivity (Wildman–Crippen MR) is 76.1 cm³/mol. The Labute approximate surface area is 113 Å². The molecule has 0 saturated heterocycles.